The smallest absolute Gasteiger partial charge is 0.258 e. The predicted molar refractivity (Wildman–Crippen MR) is 74.4 cm³/mol. The molecule has 0 aliphatic rings. The molecule has 1 rings (SSSR count). The molecule has 18 heavy (non-hydrogen) atoms. The molecule has 0 aliphatic carbocycles. The fourth-order valence-corrected chi connectivity index (χ4v) is 1.84. The summed E-state index contributed by atoms with van der Waals surface area (Å²) in [5.74, 6) is -1.07. The summed E-state index contributed by atoms with van der Waals surface area (Å²) in [5, 5.41) is 0.105. The summed E-state index contributed by atoms with van der Waals surface area (Å²) in [7, 11) is 0. The topological polar surface area (TPSA) is 46.3 Å². The van der Waals surface area contributed by atoms with Crippen molar-refractivity contribution in [3.8, 4) is 0 Å². The molecule has 0 heterocycles. The first-order valence-electron chi connectivity index (χ1n) is 5.49. The van der Waals surface area contributed by atoms with Gasteiger partial charge in [0.1, 0.15) is 5.82 Å². The Bertz CT molecular complexity index is 447. The van der Waals surface area contributed by atoms with Crippen molar-refractivity contribution in [3.63, 3.8) is 0 Å². The van der Waals surface area contributed by atoms with Crippen LogP contribution in [-0.2, 0) is 0 Å². The Kier molecular flexibility index (Phi) is 5.50. The first kappa shape index (κ1) is 14.9. The highest BCUT2D eigenvalue weighted by atomic mass is 35.5. The number of carbonyl (C=O) groups is 1. The SMILES string of the molecule is CCN(CCC(N)=S)C(=O)c1c(F)cccc1Cl. The Morgan fingerprint density at radius 3 is 2.72 bits per heavy atom. The molecule has 0 aromatic heterocycles. The molecule has 1 aromatic carbocycles. The summed E-state index contributed by atoms with van der Waals surface area (Å²) in [6.45, 7) is 2.59. The predicted octanol–water partition coefficient (Wildman–Crippen LogP) is 2.62. The van der Waals surface area contributed by atoms with E-state index in [-0.39, 0.29) is 10.6 Å². The molecule has 98 valence electrons. The van der Waals surface area contributed by atoms with Crippen LogP contribution in [0.1, 0.15) is 23.7 Å². The van der Waals surface area contributed by atoms with Crippen LogP contribution in [0.15, 0.2) is 18.2 Å². The quantitative estimate of drug-likeness (QED) is 0.847. The molecule has 0 saturated heterocycles. The van der Waals surface area contributed by atoms with Crippen molar-refractivity contribution >= 4 is 34.7 Å². The van der Waals surface area contributed by atoms with Crippen molar-refractivity contribution in [3.05, 3.63) is 34.6 Å². The molecule has 0 saturated carbocycles. The van der Waals surface area contributed by atoms with Crippen molar-refractivity contribution in [2.75, 3.05) is 13.1 Å². The summed E-state index contributed by atoms with van der Waals surface area (Å²) in [4.78, 5) is 13.9. The largest absolute Gasteiger partial charge is 0.393 e. The molecule has 6 heteroatoms. The van der Waals surface area contributed by atoms with Crippen LogP contribution in [0, 0.1) is 5.82 Å². The second-order valence-corrected chi connectivity index (χ2v) is 4.63. The second kappa shape index (κ2) is 6.66. The van der Waals surface area contributed by atoms with Crippen LogP contribution in [-0.4, -0.2) is 28.9 Å². The van der Waals surface area contributed by atoms with Gasteiger partial charge in [-0.1, -0.05) is 29.9 Å². The Hall–Kier alpha value is -1.20. The van der Waals surface area contributed by atoms with Crippen LogP contribution in [0.3, 0.4) is 0 Å². The highest BCUT2D eigenvalue weighted by molar-refractivity contribution is 7.80. The lowest BCUT2D eigenvalue weighted by atomic mass is 10.1. The van der Waals surface area contributed by atoms with Gasteiger partial charge >= 0.3 is 0 Å². The lowest BCUT2D eigenvalue weighted by Gasteiger charge is -2.21. The third-order valence-electron chi connectivity index (χ3n) is 2.47. The van der Waals surface area contributed by atoms with Crippen molar-refractivity contribution in [1.29, 1.82) is 0 Å². The number of halogens is 2. The van der Waals surface area contributed by atoms with Crippen LogP contribution in [0.25, 0.3) is 0 Å². The van der Waals surface area contributed by atoms with Crippen LogP contribution >= 0.6 is 23.8 Å². The number of hydrogen-bond acceptors (Lipinski definition) is 2. The first-order chi connectivity index (χ1) is 8.47. The minimum atomic E-state index is -0.624. The highest BCUT2D eigenvalue weighted by Crippen LogP contribution is 2.20. The van der Waals surface area contributed by atoms with Crippen LogP contribution in [0.2, 0.25) is 5.02 Å². The Morgan fingerprint density at radius 1 is 1.56 bits per heavy atom. The van der Waals surface area contributed by atoms with E-state index in [1.807, 2.05) is 0 Å². The molecule has 2 N–H and O–H groups in total. The minimum absolute atomic E-state index is 0.105. The zero-order valence-electron chi connectivity index (χ0n) is 9.95. The molecule has 0 spiro atoms. The standard InChI is InChI=1S/C12H14ClFN2OS/c1-2-16(7-6-10(15)18)12(17)11-8(13)4-3-5-9(11)14/h3-5H,2,6-7H2,1H3,(H2,15,18). The van der Waals surface area contributed by atoms with Crippen molar-refractivity contribution < 1.29 is 9.18 Å². The molecule has 0 aliphatic heterocycles. The van der Waals surface area contributed by atoms with Gasteiger partial charge in [0.05, 0.1) is 15.6 Å². The summed E-state index contributed by atoms with van der Waals surface area (Å²) in [6.07, 6.45) is 0.404. The van der Waals surface area contributed by atoms with E-state index in [2.05, 4.69) is 0 Å². The zero-order chi connectivity index (χ0) is 13.7. The average molecular weight is 289 g/mol. The van der Waals surface area contributed by atoms with Gasteiger partial charge in [0.2, 0.25) is 0 Å². The van der Waals surface area contributed by atoms with E-state index in [1.54, 1.807) is 6.92 Å². The fraction of sp³-hybridized carbons (Fsp3) is 0.333. The van der Waals surface area contributed by atoms with Crippen LogP contribution in [0.4, 0.5) is 4.39 Å². The third-order valence-corrected chi connectivity index (χ3v) is 2.99. The number of benzene rings is 1. The van der Waals surface area contributed by atoms with E-state index in [0.717, 1.165) is 0 Å². The average Bonchev–Trinajstić information content (AvgIpc) is 2.29. The fourth-order valence-electron chi connectivity index (χ4n) is 1.51. The number of rotatable bonds is 5. The minimum Gasteiger partial charge on any atom is -0.393 e. The molecule has 1 amide bonds. The number of amides is 1. The van der Waals surface area contributed by atoms with E-state index in [9.17, 15) is 9.18 Å². The molecule has 0 bridgehead atoms. The maximum Gasteiger partial charge on any atom is 0.258 e. The van der Waals surface area contributed by atoms with Crippen LogP contribution < -0.4 is 5.73 Å². The van der Waals surface area contributed by atoms with Crippen molar-refractivity contribution in [2.45, 2.75) is 13.3 Å². The lowest BCUT2D eigenvalue weighted by Crippen LogP contribution is -2.34. The lowest BCUT2D eigenvalue weighted by molar-refractivity contribution is 0.0764. The normalized spacial score (nSPS) is 10.2. The molecule has 0 radical (unpaired) electrons. The Balaban J connectivity index is 2.93. The van der Waals surface area contributed by atoms with Gasteiger partial charge in [0, 0.05) is 19.5 Å². The third kappa shape index (κ3) is 3.65. The van der Waals surface area contributed by atoms with Gasteiger partial charge in [-0.15, -0.1) is 0 Å². The molecule has 0 unspecified atom stereocenters. The van der Waals surface area contributed by atoms with Crippen LogP contribution in [0.5, 0.6) is 0 Å². The summed E-state index contributed by atoms with van der Waals surface area (Å²) >= 11 is 10.6. The zero-order valence-corrected chi connectivity index (χ0v) is 11.5. The molecular weight excluding hydrogens is 275 g/mol. The van der Waals surface area contributed by atoms with Gasteiger partial charge in [-0.05, 0) is 19.1 Å². The van der Waals surface area contributed by atoms with Crippen molar-refractivity contribution in [2.24, 2.45) is 5.73 Å². The number of thiocarbonyl (C=S) groups is 1. The van der Waals surface area contributed by atoms with Gasteiger partial charge in [-0.3, -0.25) is 4.79 Å². The number of nitrogens with zero attached hydrogens (tertiary/aromatic N) is 1. The number of carbonyl (C=O) groups excluding carboxylic acids is 1. The highest BCUT2D eigenvalue weighted by Gasteiger charge is 2.20. The Morgan fingerprint density at radius 2 is 2.22 bits per heavy atom. The van der Waals surface area contributed by atoms with Gasteiger partial charge in [-0.25, -0.2) is 4.39 Å². The van der Waals surface area contributed by atoms with E-state index in [1.165, 1.54) is 23.1 Å². The second-order valence-electron chi connectivity index (χ2n) is 3.70. The number of hydrogen-bond donors (Lipinski definition) is 1. The molecular formula is C12H14ClFN2OS. The summed E-state index contributed by atoms with van der Waals surface area (Å²) in [5.41, 5.74) is 5.28. The summed E-state index contributed by atoms with van der Waals surface area (Å²) < 4.78 is 13.6. The molecule has 3 nitrogen and oxygen atoms in total. The van der Waals surface area contributed by atoms with E-state index in [4.69, 9.17) is 29.6 Å². The molecule has 0 atom stereocenters. The summed E-state index contributed by atoms with van der Waals surface area (Å²) in [6, 6.07) is 4.15. The van der Waals surface area contributed by atoms with E-state index < -0.39 is 11.7 Å². The Labute approximate surface area is 116 Å². The maximum atomic E-state index is 13.6. The molecule has 0 fully saturated rings. The van der Waals surface area contributed by atoms with E-state index in [0.29, 0.717) is 24.5 Å². The van der Waals surface area contributed by atoms with Gasteiger partial charge in [0.25, 0.3) is 5.91 Å². The van der Waals surface area contributed by atoms with Gasteiger partial charge < -0.3 is 10.6 Å². The van der Waals surface area contributed by atoms with E-state index >= 15 is 0 Å². The number of nitrogens with two attached hydrogens (primary N) is 1. The van der Waals surface area contributed by atoms with Gasteiger partial charge in [-0.2, -0.15) is 0 Å². The maximum absolute atomic E-state index is 13.6. The van der Waals surface area contributed by atoms with Crippen molar-refractivity contribution in [1.82, 2.24) is 4.90 Å². The molecule has 1 aromatic rings. The van der Waals surface area contributed by atoms with Gasteiger partial charge in [0.15, 0.2) is 0 Å². The first-order valence-corrected chi connectivity index (χ1v) is 6.27. The monoisotopic (exact) mass is 288 g/mol.